The van der Waals surface area contributed by atoms with Crippen molar-refractivity contribution in [3.05, 3.63) is 18.2 Å². The highest BCUT2D eigenvalue weighted by molar-refractivity contribution is 8.00. The summed E-state index contributed by atoms with van der Waals surface area (Å²) in [5.74, 6) is 1.00. The number of thioether (sulfide) groups is 1. The van der Waals surface area contributed by atoms with Crippen molar-refractivity contribution in [3.63, 3.8) is 0 Å². The Balaban J connectivity index is 1.74. The fraction of sp³-hybridized carbons (Fsp3) is 0.556. The van der Waals surface area contributed by atoms with Gasteiger partial charge >= 0.3 is 0 Å². The second kappa shape index (κ2) is 7.05. The first kappa shape index (κ1) is 17.1. The zero-order chi connectivity index (χ0) is 17.3. The Morgan fingerprint density at radius 3 is 2.75 bits per heavy atom. The predicted octanol–water partition coefficient (Wildman–Crippen LogP) is 3.84. The Labute approximate surface area is 147 Å². The highest BCUT2D eigenvalue weighted by Gasteiger charge is 2.32. The van der Waals surface area contributed by atoms with Crippen molar-refractivity contribution < 1.29 is 9.53 Å². The van der Waals surface area contributed by atoms with Crippen LogP contribution in [0.5, 0.6) is 5.75 Å². The molecule has 1 amide bonds. The third kappa shape index (κ3) is 3.38. The number of fused-ring (bicyclic) bond motifs is 1. The molecule has 5 nitrogen and oxygen atoms in total. The molecule has 0 unspecified atom stereocenters. The highest BCUT2D eigenvalue weighted by atomic mass is 32.2. The number of aromatic nitrogens is 2. The van der Waals surface area contributed by atoms with Gasteiger partial charge in [0.25, 0.3) is 0 Å². The monoisotopic (exact) mass is 347 g/mol. The first-order chi connectivity index (χ1) is 11.5. The van der Waals surface area contributed by atoms with Gasteiger partial charge in [-0.05, 0) is 52.2 Å². The molecule has 130 valence electrons. The topological polar surface area (TPSA) is 58.2 Å². The largest absolute Gasteiger partial charge is 0.497 e. The second-order valence-corrected chi connectivity index (χ2v) is 7.89. The number of nitrogens with zero attached hydrogens (tertiary/aromatic N) is 2. The fourth-order valence-corrected chi connectivity index (χ4v) is 4.31. The lowest BCUT2D eigenvalue weighted by atomic mass is 9.97. The number of imidazole rings is 1. The lowest BCUT2D eigenvalue weighted by Crippen LogP contribution is -2.50. The molecular formula is C18H25N3O2S. The maximum absolute atomic E-state index is 12.9. The Morgan fingerprint density at radius 1 is 1.38 bits per heavy atom. The average molecular weight is 347 g/mol. The minimum absolute atomic E-state index is 0.157. The molecule has 0 aliphatic carbocycles. The van der Waals surface area contributed by atoms with Gasteiger partial charge in [0.15, 0.2) is 5.16 Å². The van der Waals surface area contributed by atoms with Gasteiger partial charge < -0.3 is 14.6 Å². The van der Waals surface area contributed by atoms with Crippen molar-refractivity contribution in [3.8, 4) is 5.75 Å². The Morgan fingerprint density at radius 2 is 2.08 bits per heavy atom. The van der Waals surface area contributed by atoms with E-state index in [1.165, 1.54) is 18.2 Å². The van der Waals surface area contributed by atoms with Crippen LogP contribution in [-0.2, 0) is 4.79 Å². The van der Waals surface area contributed by atoms with Gasteiger partial charge in [-0.25, -0.2) is 4.98 Å². The number of rotatable bonds is 4. The summed E-state index contributed by atoms with van der Waals surface area (Å²) in [6.45, 7) is 6.27. The fourth-order valence-electron chi connectivity index (χ4n) is 3.43. The molecule has 0 radical (unpaired) electrons. The number of amides is 1. The lowest BCUT2D eigenvalue weighted by molar-refractivity contribution is -0.136. The molecule has 1 aromatic carbocycles. The van der Waals surface area contributed by atoms with Crippen LogP contribution in [0.4, 0.5) is 0 Å². The van der Waals surface area contributed by atoms with Gasteiger partial charge in [-0.15, -0.1) is 0 Å². The summed E-state index contributed by atoms with van der Waals surface area (Å²) in [5, 5.41) is 0.617. The van der Waals surface area contributed by atoms with E-state index in [-0.39, 0.29) is 11.2 Å². The van der Waals surface area contributed by atoms with E-state index in [0.29, 0.717) is 12.1 Å². The summed E-state index contributed by atoms with van der Waals surface area (Å²) in [4.78, 5) is 22.8. The molecule has 1 aliphatic rings. The molecule has 1 saturated heterocycles. The van der Waals surface area contributed by atoms with E-state index in [0.717, 1.165) is 34.8 Å². The normalized spacial score (nSPS) is 22.6. The van der Waals surface area contributed by atoms with Crippen LogP contribution in [-0.4, -0.2) is 45.2 Å². The zero-order valence-corrected chi connectivity index (χ0v) is 15.5. The molecular weight excluding hydrogens is 322 g/mol. The number of nitrogens with one attached hydrogen (secondary N) is 1. The maximum atomic E-state index is 12.9. The standard InChI is InChI=1S/C18H25N3O2S/c1-11-6-5-7-12(2)21(11)17(22)13(3)24-18-19-15-9-8-14(23-4)10-16(15)20-18/h8-13H,5-7H2,1-4H3,(H,19,20)/t11-,12-,13-/m1/s1. The highest BCUT2D eigenvalue weighted by Crippen LogP contribution is 2.29. The van der Waals surface area contributed by atoms with Gasteiger partial charge in [-0.2, -0.15) is 0 Å². The maximum Gasteiger partial charge on any atom is 0.236 e. The molecule has 1 aromatic heterocycles. The van der Waals surface area contributed by atoms with Crippen molar-refractivity contribution in [2.75, 3.05) is 7.11 Å². The molecule has 1 N–H and O–H groups in total. The number of benzene rings is 1. The van der Waals surface area contributed by atoms with Gasteiger partial charge in [-0.3, -0.25) is 4.79 Å². The van der Waals surface area contributed by atoms with Crippen molar-refractivity contribution in [2.24, 2.45) is 0 Å². The van der Waals surface area contributed by atoms with Crippen LogP contribution in [0.3, 0.4) is 0 Å². The molecule has 0 spiro atoms. The number of methoxy groups -OCH3 is 1. The van der Waals surface area contributed by atoms with Crippen molar-refractivity contribution in [1.82, 2.24) is 14.9 Å². The van der Waals surface area contributed by atoms with Gasteiger partial charge in [0.1, 0.15) is 5.75 Å². The molecule has 2 aromatic rings. The first-order valence-electron chi connectivity index (χ1n) is 8.52. The molecule has 24 heavy (non-hydrogen) atoms. The number of hydrogen-bond acceptors (Lipinski definition) is 4. The van der Waals surface area contributed by atoms with E-state index in [1.807, 2.05) is 25.1 Å². The molecule has 3 atom stereocenters. The minimum Gasteiger partial charge on any atom is -0.497 e. The molecule has 1 fully saturated rings. The van der Waals surface area contributed by atoms with Crippen molar-refractivity contribution in [1.29, 1.82) is 0 Å². The van der Waals surface area contributed by atoms with Crippen LogP contribution in [0.15, 0.2) is 23.4 Å². The van der Waals surface area contributed by atoms with E-state index < -0.39 is 0 Å². The van der Waals surface area contributed by atoms with Crippen LogP contribution in [0.2, 0.25) is 0 Å². The Bertz CT molecular complexity index is 720. The molecule has 1 aliphatic heterocycles. The number of piperidine rings is 1. The molecule has 3 rings (SSSR count). The van der Waals surface area contributed by atoms with E-state index in [2.05, 4.69) is 28.7 Å². The van der Waals surface area contributed by atoms with Crippen LogP contribution < -0.4 is 4.74 Å². The molecule has 0 saturated carbocycles. The number of carbonyl (C=O) groups excluding carboxylic acids is 1. The third-order valence-electron chi connectivity index (χ3n) is 4.75. The van der Waals surface area contributed by atoms with Gasteiger partial charge in [0.05, 0.1) is 23.4 Å². The molecule has 6 heteroatoms. The van der Waals surface area contributed by atoms with E-state index in [1.54, 1.807) is 7.11 Å². The van der Waals surface area contributed by atoms with E-state index >= 15 is 0 Å². The first-order valence-corrected chi connectivity index (χ1v) is 9.40. The zero-order valence-electron chi connectivity index (χ0n) is 14.7. The Kier molecular flexibility index (Phi) is 5.04. The second-order valence-electron chi connectivity index (χ2n) is 6.56. The minimum atomic E-state index is -0.157. The summed E-state index contributed by atoms with van der Waals surface area (Å²) >= 11 is 1.49. The van der Waals surface area contributed by atoms with Crippen molar-refractivity contribution >= 4 is 28.7 Å². The lowest BCUT2D eigenvalue weighted by Gasteiger charge is -2.40. The quantitative estimate of drug-likeness (QED) is 0.854. The van der Waals surface area contributed by atoms with E-state index in [4.69, 9.17) is 4.74 Å². The summed E-state index contributed by atoms with van der Waals surface area (Å²) in [5.41, 5.74) is 1.81. The number of carbonyl (C=O) groups is 1. The van der Waals surface area contributed by atoms with E-state index in [9.17, 15) is 4.79 Å². The predicted molar refractivity (Wildman–Crippen MR) is 97.6 cm³/mol. The third-order valence-corrected chi connectivity index (χ3v) is 5.72. The smallest absolute Gasteiger partial charge is 0.236 e. The number of ether oxygens (including phenoxy) is 1. The summed E-state index contributed by atoms with van der Waals surface area (Å²) < 4.78 is 5.24. The van der Waals surface area contributed by atoms with Gasteiger partial charge in [0.2, 0.25) is 5.91 Å². The summed E-state index contributed by atoms with van der Waals surface area (Å²) in [6, 6.07) is 6.39. The van der Waals surface area contributed by atoms with Crippen LogP contribution in [0.25, 0.3) is 11.0 Å². The number of hydrogen-bond donors (Lipinski definition) is 1. The summed E-state index contributed by atoms with van der Waals surface area (Å²) in [7, 11) is 1.65. The van der Waals surface area contributed by atoms with Gasteiger partial charge in [-0.1, -0.05) is 11.8 Å². The Hall–Kier alpha value is -1.69. The van der Waals surface area contributed by atoms with Crippen LogP contribution in [0, 0.1) is 0 Å². The van der Waals surface area contributed by atoms with Crippen LogP contribution in [0.1, 0.15) is 40.0 Å². The number of H-pyrrole nitrogens is 1. The SMILES string of the molecule is COc1ccc2nc(S[C@H](C)C(=O)N3[C@H](C)CCC[C@H]3C)[nH]c2c1. The molecule has 2 heterocycles. The number of likely N-dealkylation sites (tertiary alicyclic amines) is 1. The van der Waals surface area contributed by atoms with Crippen molar-refractivity contribution in [2.45, 2.75) is 62.5 Å². The molecule has 0 bridgehead atoms. The number of aromatic amines is 1. The van der Waals surface area contributed by atoms with Gasteiger partial charge in [0, 0.05) is 18.2 Å². The summed E-state index contributed by atoms with van der Waals surface area (Å²) in [6.07, 6.45) is 3.40. The van der Waals surface area contributed by atoms with Crippen LogP contribution >= 0.6 is 11.8 Å². The average Bonchev–Trinajstić information content (AvgIpc) is 2.95.